The molecule has 2 aromatic carbocycles. The van der Waals surface area contributed by atoms with Gasteiger partial charge in [-0.3, -0.25) is 4.79 Å². The molecule has 0 unspecified atom stereocenters. The molecule has 30 heavy (non-hydrogen) atoms. The molecular weight excluding hydrogens is 380 g/mol. The third kappa shape index (κ3) is 4.45. The van der Waals surface area contributed by atoms with Crippen LogP contribution in [0.2, 0.25) is 0 Å². The number of amides is 1. The van der Waals surface area contributed by atoms with E-state index in [1.807, 2.05) is 55.6 Å². The first kappa shape index (κ1) is 19.9. The Kier molecular flexibility index (Phi) is 5.97. The van der Waals surface area contributed by atoms with Crippen molar-refractivity contribution in [3.63, 3.8) is 0 Å². The van der Waals surface area contributed by atoms with Crippen LogP contribution in [0.4, 0.5) is 5.69 Å². The molecule has 1 amide bonds. The van der Waals surface area contributed by atoms with E-state index in [1.54, 1.807) is 4.90 Å². The molecule has 0 aliphatic carbocycles. The number of benzene rings is 2. The molecule has 1 aliphatic heterocycles. The first-order chi connectivity index (χ1) is 14.6. The van der Waals surface area contributed by atoms with E-state index in [0.717, 1.165) is 30.1 Å². The molecule has 1 aliphatic rings. The minimum atomic E-state index is -0.0677. The molecule has 7 heteroatoms. The lowest BCUT2D eigenvalue weighted by Gasteiger charge is -2.37. The number of para-hydroxylation sites is 2. The number of carbonyl (C=O) groups excluding carboxylic acids is 1. The van der Waals surface area contributed by atoms with Gasteiger partial charge < -0.3 is 19.1 Å². The maximum absolute atomic E-state index is 12.6. The van der Waals surface area contributed by atoms with E-state index < -0.39 is 0 Å². The molecule has 0 saturated carbocycles. The van der Waals surface area contributed by atoms with Gasteiger partial charge in [0.1, 0.15) is 11.9 Å². The Labute approximate surface area is 176 Å². The van der Waals surface area contributed by atoms with Crippen LogP contribution in [-0.4, -0.2) is 53.7 Å². The average molecular weight is 406 g/mol. The van der Waals surface area contributed by atoms with Crippen LogP contribution in [0.5, 0.6) is 5.75 Å². The maximum Gasteiger partial charge on any atom is 0.227 e. The van der Waals surface area contributed by atoms with Crippen molar-refractivity contribution in [3.8, 4) is 17.1 Å². The van der Waals surface area contributed by atoms with Crippen LogP contribution >= 0.6 is 0 Å². The molecule has 0 bridgehead atoms. The summed E-state index contributed by atoms with van der Waals surface area (Å²) in [5.74, 6) is 1.91. The molecule has 1 aromatic heterocycles. The fourth-order valence-corrected chi connectivity index (χ4v) is 3.65. The van der Waals surface area contributed by atoms with Gasteiger partial charge >= 0.3 is 0 Å². The number of ether oxygens (including phenoxy) is 1. The molecule has 0 N–H and O–H groups in total. The zero-order chi connectivity index (χ0) is 20.9. The van der Waals surface area contributed by atoms with E-state index in [-0.39, 0.29) is 12.0 Å². The Morgan fingerprint density at radius 3 is 2.73 bits per heavy atom. The number of aryl methyl sites for hydroxylation is 1. The van der Waals surface area contributed by atoms with E-state index in [1.165, 1.54) is 0 Å². The number of hydrogen-bond acceptors (Lipinski definition) is 6. The lowest BCUT2D eigenvalue weighted by Crippen LogP contribution is -2.46. The normalized spacial score (nSPS) is 15.4. The minimum absolute atomic E-state index is 0.0277. The van der Waals surface area contributed by atoms with Gasteiger partial charge in [-0.1, -0.05) is 47.6 Å². The van der Waals surface area contributed by atoms with Crippen molar-refractivity contribution < 1.29 is 14.1 Å². The Morgan fingerprint density at radius 1 is 1.17 bits per heavy atom. The number of aromatic nitrogens is 2. The van der Waals surface area contributed by atoms with E-state index in [4.69, 9.17) is 9.26 Å². The summed E-state index contributed by atoms with van der Waals surface area (Å²) in [5.41, 5.74) is 2.00. The summed E-state index contributed by atoms with van der Waals surface area (Å²) in [6, 6.07) is 17.7. The van der Waals surface area contributed by atoms with Crippen molar-refractivity contribution in [1.82, 2.24) is 15.0 Å². The Hall–Kier alpha value is -3.35. The fraction of sp³-hybridized carbons (Fsp3) is 0.348. The predicted octanol–water partition coefficient (Wildman–Crippen LogP) is 3.42. The third-order valence-corrected chi connectivity index (χ3v) is 5.26. The topological polar surface area (TPSA) is 71.7 Å². The number of fused-ring (bicyclic) bond motifs is 1. The van der Waals surface area contributed by atoms with E-state index in [2.05, 4.69) is 28.0 Å². The van der Waals surface area contributed by atoms with Gasteiger partial charge in [0.2, 0.25) is 17.6 Å². The Morgan fingerprint density at radius 2 is 1.93 bits per heavy atom. The van der Waals surface area contributed by atoms with Crippen LogP contribution in [0.1, 0.15) is 19.2 Å². The van der Waals surface area contributed by atoms with Gasteiger partial charge in [0, 0.05) is 32.0 Å². The molecule has 0 spiro atoms. The van der Waals surface area contributed by atoms with Gasteiger partial charge in [-0.2, -0.15) is 4.98 Å². The third-order valence-electron chi connectivity index (χ3n) is 5.26. The summed E-state index contributed by atoms with van der Waals surface area (Å²) >= 11 is 0. The van der Waals surface area contributed by atoms with Crippen molar-refractivity contribution in [3.05, 3.63) is 60.5 Å². The summed E-state index contributed by atoms with van der Waals surface area (Å²) in [7, 11) is 1.81. The monoisotopic (exact) mass is 406 g/mol. The molecule has 2 heterocycles. The number of carbonyl (C=O) groups is 1. The quantitative estimate of drug-likeness (QED) is 0.599. The highest BCUT2D eigenvalue weighted by molar-refractivity contribution is 5.76. The SMILES string of the molecule is CCN1C[C@H](CN(C)C(=O)CCc2nc(-c3ccccc3)no2)Oc2ccccc21. The largest absolute Gasteiger partial charge is 0.485 e. The average Bonchev–Trinajstić information content (AvgIpc) is 3.26. The van der Waals surface area contributed by atoms with Crippen LogP contribution in [0.3, 0.4) is 0 Å². The molecule has 1 atom stereocenters. The lowest BCUT2D eigenvalue weighted by molar-refractivity contribution is -0.131. The van der Waals surface area contributed by atoms with Crippen molar-refractivity contribution in [2.75, 3.05) is 31.6 Å². The van der Waals surface area contributed by atoms with E-state index >= 15 is 0 Å². The summed E-state index contributed by atoms with van der Waals surface area (Å²) in [6.07, 6.45) is 0.661. The number of nitrogens with zero attached hydrogens (tertiary/aromatic N) is 4. The number of anilines is 1. The van der Waals surface area contributed by atoms with Gasteiger partial charge in [-0.05, 0) is 19.1 Å². The summed E-state index contributed by atoms with van der Waals surface area (Å²) in [6.45, 7) is 4.32. The molecule has 7 nitrogen and oxygen atoms in total. The van der Waals surface area contributed by atoms with Crippen molar-refractivity contribution in [1.29, 1.82) is 0 Å². The van der Waals surface area contributed by atoms with Gasteiger partial charge in [0.05, 0.1) is 18.8 Å². The molecule has 0 radical (unpaired) electrons. The molecule has 156 valence electrons. The highest BCUT2D eigenvalue weighted by Crippen LogP contribution is 2.32. The molecule has 4 rings (SSSR count). The first-order valence-corrected chi connectivity index (χ1v) is 10.3. The summed E-state index contributed by atoms with van der Waals surface area (Å²) in [4.78, 5) is 21.0. The second-order valence-corrected chi connectivity index (χ2v) is 7.40. The zero-order valence-electron chi connectivity index (χ0n) is 17.3. The number of hydrogen-bond donors (Lipinski definition) is 0. The second-order valence-electron chi connectivity index (χ2n) is 7.40. The predicted molar refractivity (Wildman–Crippen MR) is 114 cm³/mol. The highest BCUT2D eigenvalue weighted by Gasteiger charge is 2.26. The summed E-state index contributed by atoms with van der Waals surface area (Å²) in [5, 5.41) is 4.01. The van der Waals surface area contributed by atoms with Crippen LogP contribution in [0, 0.1) is 0 Å². The van der Waals surface area contributed by atoms with E-state index in [9.17, 15) is 4.79 Å². The minimum Gasteiger partial charge on any atom is -0.485 e. The van der Waals surface area contributed by atoms with Crippen molar-refractivity contribution in [2.24, 2.45) is 0 Å². The molecule has 0 saturated heterocycles. The Bertz CT molecular complexity index is 989. The molecule has 0 fully saturated rings. The Balaban J connectivity index is 1.31. The summed E-state index contributed by atoms with van der Waals surface area (Å²) < 4.78 is 11.4. The van der Waals surface area contributed by atoms with E-state index in [0.29, 0.717) is 31.1 Å². The van der Waals surface area contributed by atoms with Gasteiger partial charge in [-0.25, -0.2) is 0 Å². The molecular formula is C23H26N4O3. The molecule has 3 aromatic rings. The fourth-order valence-electron chi connectivity index (χ4n) is 3.65. The first-order valence-electron chi connectivity index (χ1n) is 10.3. The van der Waals surface area contributed by atoms with Gasteiger partial charge in [-0.15, -0.1) is 0 Å². The van der Waals surface area contributed by atoms with Gasteiger partial charge in [0.25, 0.3) is 0 Å². The second kappa shape index (κ2) is 8.98. The highest BCUT2D eigenvalue weighted by atomic mass is 16.5. The smallest absolute Gasteiger partial charge is 0.227 e. The zero-order valence-corrected chi connectivity index (χ0v) is 17.3. The number of likely N-dealkylation sites (N-methyl/N-ethyl adjacent to an activating group) is 2. The van der Waals surface area contributed by atoms with Gasteiger partial charge in [0.15, 0.2) is 0 Å². The van der Waals surface area contributed by atoms with Crippen LogP contribution in [-0.2, 0) is 11.2 Å². The number of rotatable bonds is 7. The van der Waals surface area contributed by atoms with Crippen molar-refractivity contribution in [2.45, 2.75) is 25.9 Å². The lowest BCUT2D eigenvalue weighted by atomic mass is 10.1. The van der Waals surface area contributed by atoms with Crippen molar-refractivity contribution >= 4 is 11.6 Å². The van der Waals surface area contributed by atoms with Crippen LogP contribution < -0.4 is 9.64 Å². The standard InChI is InChI=1S/C23H26N4O3/c1-3-27-16-18(29-20-12-8-7-11-19(20)27)15-26(2)22(28)14-13-21-24-23(25-30-21)17-9-5-4-6-10-17/h4-12,18H,3,13-16H2,1-2H3/t18-/m0/s1. The van der Waals surface area contributed by atoms with Crippen LogP contribution in [0.25, 0.3) is 11.4 Å². The van der Waals surface area contributed by atoms with Crippen LogP contribution in [0.15, 0.2) is 59.1 Å². The maximum atomic E-state index is 12.6.